The maximum Gasteiger partial charge on any atom is 0.243 e. The molecule has 0 unspecified atom stereocenters. The van der Waals surface area contributed by atoms with Crippen molar-refractivity contribution in [3.63, 3.8) is 0 Å². The molecule has 2 N–H and O–H groups in total. The van der Waals surface area contributed by atoms with Crippen LogP contribution in [0, 0.1) is 0 Å². The molecule has 1 amide bonds. The summed E-state index contributed by atoms with van der Waals surface area (Å²) in [6, 6.07) is 14.6. The van der Waals surface area contributed by atoms with E-state index in [1.165, 1.54) is 0 Å². The molecule has 5 heteroatoms. The van der Waals surface area contributed by atoms with E-state index in [0.29, 0.717) is 17.3 Å². The van der Waals surface area contributed by atoms with Crippen molar-refractivity contribution in [3.05, 3.63) is 53.6 Å². The van der Waals surface area contributed by atoms with E-state index in [0.717, 1.165) is 11.4 Å². The molecule has 2 aromatic rings. The highest BCUT2D eigenvalue weighted by Gasteiger charge is 2.07. The molecule has 0 saturated heterocycles. The molecular weight excluding hydrogens is 288 g/mol. The van der Waals surface area contributed by atoms with E-state index in [2.05, 4.69) is 10.6 Å². The zero-order valence-electron chi connectivity index (χ0n) is 11.7. The van der Waals surface area contributed by atoms with Gasteiger partial charge in [0, 0.05) is 0 Å². The first-order chi connectivity index (χ1) is 10.2. The molecule has 21 heavy (non-hydrogen) atoms. The second kappa shape index (κ2) is 7.55. The van der Waals surface area contributed by atoms with Gasteiger partial charge in [0.1, 0.15) is 5.75 Å². The van der Waals surface area contributed by atoms with Crippen molar-refractivity contribution in [2.45, 2.75) is 6.92 Å². The van der Waals surface area contributed by atoms with Gasteiger partial charge in [0.05, 0.1) is 29.5 Å². The summed E-state index contributed by atoms with van der Waals surface area (Å²) in [5.41, 5.74) is 1.39. The van der Waals surface area contributed by atoms with E-state index in [9.17, 15) is 4.79 Å². The van der Waals surface area contributed by atoms with E-state index < -0.39 is 0 Å². The van der Waals surface area contributed by atoms with Gasteiger partial charge in [0.2, 0.25) is 5.91 Å². The van der Waals surface area contributed by atoms with E-state index in [1.807, 2.05) is 43.3 Å². The van der Waals surface area contributed by atoms with Gasteiger partial charge in [0.25, 0.3) is 0 Å². The Kier molecular flexibility index (Phi) is 5.46. The summed E-state index contributed by atoms with van der Waals surface area (Å²) < 4.78 is 5.49. The lowest BCUT2D eigenvalue weighted by Crippen LogP contribution is -2.22. The zero-order valence-corrected chi connectivity index (χ0v) is 12.5. The smallest absolute Gasteiger partial charge is 0.243 e. The van der Waals surface area contributed by atoms with Crippen LogP contribution in [0.1, 0.15) is 6.92 Å². The molecule has 4 nitrogen and oxygen atoms in total. The monoisotopic (exact) mass is 304 g/mol. The molecule has 0 bridgehead atoms. The Hall–Kier alpha value is -2.20. The Labute approximate surface area is 129 Å². The summed E-state index contributed by atoms with van der Waals surface area (Å²) in [6.45, 7) is 2.63. The van der Waals surface area contributed by atoms with Gasteiger partial charge < -0.3 is 15.4 Å². The van der Waals surface area contributed by atoms with Crippen molar-refractivity contribution in [2.75, 3.05) is 23.8 Å². The number of anilines is 2. The molecule has 0 fully saturated rings. The first-order valence-electron chi connectivity index (χ1n) is 6.70. The summed E-state index contributed by atoms with van der Waals surface area (Å²) in [5.74, 6) is 0.556. The second-order valence-electron chi connectivity index (χ2n) is 4.31. The SMILES string of the molecule is CCOc1ccccc1NCC(=O)Nc1ccccc1Cl. The van der Waals surface area contributed by atoms with Crippen molar-refractivity contribution in [1.82, 2.24) is 0 Å². The maximum absolute atomic E-state index is 11.9. The number of ether oxygens (including phenoxy) is 1. The minimum atomic E-state index is -0.172. The Bertz CT molecular complexity index is 617. The van der Waals surface area contributed by atoms with Gasteiger partial charge in [-0.15, -0.1) is 0 Å². The number of carbonyl (C=O) groups excluding carboxylic acids is 1. The second-order valence-corrected chi connectivity index (χ2v) is 4.72. The molecule has 0 atom stereocenters. The summed E-state index contributed by atoms with van der Waals surface area (Å²) in [6.07, 6.45) is 0. The predicted octanol–water partition coefficient (Wildman–Crippen LogP) is 3.79. The molecule has 0 spiro atoms. The average molecular weight is 305 g/mol. The third-order valence-electron chi connectivity index (χ3n) is 2.77. The molecule has 0 saturated carbocycles. The Morgan fingerprint density at radius 3 is 2.48 bits per heavy atom. The molecular formula is C16H17ClN2O2. The van der Waals surface area contributed by atoms with Gasteiger partial charge >= 0.3 is 0 Å². The van der Waals surface area contributed by atoms with E-state index in [1.54, 1.807) is 12.1 Å². The highest BCUT2D eigenvalue weighted by molar-refractivity contribution is 6.33. The topological polar surface area (TPSA) is 50.4 Å². The van der Waals surface area contributed by atoms with Gasteiger partial charge in [-0.3, -0.25) is 4.79 Å². The summed E-state index contributed by atoms with van der Waals surface area (Å²) >= 11 is 6.00. The van der Waals surface area contributed by atoms with Crippen LogP contribution in [0.15, 0.2) is 48.5 Å². The number of para-hydroxylation sites is 3. The number of rotatable bonds is 6. The van der Waals surface area contributed by atoms with Crippen LogP contribution >= 0.6 is 11.6 Å². The van der Waals surface area contributed by atoms with Crippen LogP contribution in [0.2, 0.25) is 5.02 Å². The number of nitrogens with one attached hydrogen (secondary N) is 2. The quantitative estimate of drug-likeness (QED) is 0.853. The minimum absolute atomic E-state index is 0.134. The van der Waals surface area contributed by atoms with Gasteiger partial charge in [-0.25, -0.2) is 0 Å². The maximum atomic E-state index is 11.9. The minimum Gasteiger partial charge on any atom is -0.492 e. The Morgan fingerprint density at radius 1 is 1.10 bits per heavy atom. The highest BCUT2D eigenvalue weighted by atomic mass is 35.5. The molecule has 0 heterocycles. The third kappa shape index (κ3) is 4.39. The molecule has 2 rings (SSSR count). The van der Waals surface area contributed by atoms with Crippen LogP contribution in [0.25, 0.3) is 0 Å². The highest BCUT2D eigenvalue weighted by Crippen LogP contribution is 2.24. The van der Waals surface area contributed by atoms with E-state index in [4.69, 9.17) is 16.3 Å². The van der Waals surface area contributed by atoms with Crippen molar-refractivity contribution in [1.29, 1.82) is 0 Å². The number of amides is 1. The predicted molar refractivity (Wildman–Crippen MR) is 86.2 cm³/mol. The van der Waals surface area contributed by atoms with Crippen LogP contribution in [0.5, 0.6) is 5.75 Å². The molecule has 0 aliphatic heterocycles. The lowest BCUT2D eigenvalue weighted by atomic mass is 10.3. The molecule has 2 aromatic carbocycles. The number of hydrogen-bond donors (Lipinski definition) is 2. The van der Waals surface area contributed by atoms with Gasteiger partial charge in [-0.2, -0.15) is 0 Å². The van der Waals surface area contributed by atoms with Crippen LogP contribution in [0.3, 0.4) is 0 Å². The fourth-order valence-corrected chi connectivity index (χ4v) is 2.01. The summed E-state index contributed by atoms with van der Waals surface area (Å²) in [7, 11) is 0. The molecule has 110 valence electrons. The van der Waals surface area contributed by atoms with Crippen LogP contribution in [0.4, 0.5) is 11.4 Å². The van der Waals surface area contributed by atoms with Crippen molar-refractivity contribution < 1.29 is 9.53 Å². The number of carbonyl (C=O) groups is 1. The largest absolute Gasteiger partial charge is 0.492 e. The molecule has 0 radical (unpaired) electrons. The number of hydrogen-bond acceptors (Lipinski definition) is 3. The standard InChI is InChI=1S/C16H17ClN2O2/c1-2-21-15-10-6-5-9-14(15)18-11-16(20)19-13-8-4-3-7-12(13)17/h3-10,18H,2,11H2,1H3,(H,19,20). The van der Waals surface area contributed by atoms with Crippen LogP contribution in [-0.2, 0) is 4.79 Å². The van der Waals surface area contributed by atoms with Gasteiger partial charge in [-0.1, -0.05) is 35.9 Å². The first kappa shape index (κ1) is 15.2. The first-order valence-corrected chi connectivity index (χ1v) is 7.08. The molecule has 0 aromatic heterocycles. The van der Waals surface area contributed by atoms with Crippen molar-refractivity contribution in [2.24, 2.45) is 0 Å². The fourth-order valence-electron chi connectivity index (χ4n) is 1.83. The van der Waals surface area contributed by atoms with E-state index in [-0.39, 0.29) is 12.5 Å². The zero-order chi connectivity index (χ0) is 15.1. The summed E-state index contributed by atoms with van der Waals surface area (Å²) in [4.78, 5) is 11.9. The number of halogens is 1. The Morgan fingerprint density at radius 2 is 1.76 bits per heavy atom. The lowest BCUT2D eigenvalue weighted by Gasteiger charge is -2.12. The van der Waals surface area contributed by atoms with Gasteiger partial charge in [0.15, 0.2) is 0 Å². The lowest BCUT2D eigenvalue weighted by molar-refractivity contribution is -0.114. The van der Waals surface area contributed by atoms with Crippen molar-refractivity contribution >= 4 is 28.9 Å². The molecule has 0 aliphatic carbocycles. The summed E-state index contributed by atoms with van der Waals surface area (Å²) in [5, 5.41) is 6.33. The van der Waals surface area contributed by atoms with Crippen molar-refractivity contribution in [3.8, 4) is 5.75 Å². The van der Waals surface area contributed by atoms with Crippen LogP contribution < -0.4 is 15.4 Å². The molecule has 0 aliphatic rings. The number of benzene rings is 2. The van der Waals surface area contributed by atoms with Crippen LogP contribution in [-0.4, -0.2) is 19.1 Å². The normalized spacial score (nSPS) is 10.0. The van der Waals surface area contributed by atoms with Gasteiger partial charge in [-0.05, 0) is 31.2 Å². The average Bonchev–Trinajstić information content (AvgIpc) is 2.49. The third-order valence-corrected chi connectivity index (χ3v) is 3.10. The van der Waals surface area contributed by atoms with E-state index >= 15 is 0 Å². The fraction of sp³-hybridized carbons (Fsp3) is 0.188. The Balaban J connectivity index is 1.94.